The summed E-state index contributed by atoms with van der Waals surface area (Å²) in [5.41, 5.74) is 1.19. The second kappa shape index (κ2) is 9.14. The Bertz CT molecular complexity index is 815. The first-order valence-corrected chi connectivity index (χ1v) is 10.1. The van der Waals surface area contributed by atoms with Crippen LogP contribution < -0.4 is 5.32 Å². The molecular weight excluding hydrogens is 364 g/mol. The molecular formula is C19H24N4O3S. The van der Waals surface area contributed by atoms with Crippen molar-refractivity contribution in [1.82, 2.24) is 14.8 Å². The fourth-order valence-electron chi connectivity index (χ4n) is 3.01. The molecule has 1 atom stereocenters. The number of ether oxygens (including phenoxy) is 1. The summed E-state index contributed by atoms with van der Waals surface area (Å²) in [6, 6.07) is 6.93. The van der Waals surface area contributed by atoms with E-state index in [0.717, 1.165) is 43.4 Å². The van der Waals surface area contributed by atoms with Crippen molar-refractivity contribution < 1.29 is 14.3 Å². The number of carbonyl (C=O) groups excluding carboxylic acids is 2. The summed E-state index contributed by atoms with van der Waals surface area (Å²) in [5.74, 6) is 0.945. The van der Waals surface area contributed by atoms with Gasteiger partial charge < -0.3 is 14.6 Å². The Morgan fingerprint density at radius 3 is 2.93 bits per heavy atom. The lowest BCUT2D eigenvalue weighted by atomic mass is 10.1. The molecule has 0 bridgehead atoms. The fourth-order valence-corrected chi connectivity index (χ4v) is 3.77. The zero-order valence-electron chi connectivity index (χ0n) is 15.6. The Kier molecular flexibility index (Phi) is 6.63. The number of thioether (sulfide) groups is 1. The molecule has 0 radical (unpaired) electrons. The van der Waals surface area contributed by atoms with Crippen LogP contribution in [0.5, 0.6) is 0 Å². The molecule has 1 fully saturated rings. The maximum absolute atomic E-state index is 12.3. The van der Waals surface area contributed by atoms with E-state index in [2.05, 4.69) is 20.1 Å². The summed E-state index contributed by atoms with van der Waals surface area (Å²) >= 11 is 1.36. The molecule has 144 valence electrons. The molecule has 3 rings (SSSR count). The molecule has 8 heteroatoms. The minimum absolute atomic E-state index is 0.0326. The van der Waals surface area contributed by atoms with Crippen LogP contribution in [0.15, 0.2) is 29.4 Å². The third-order valence-corrected chi connectivity index (χ3v) is 5.37. The van der Waals surface area contributed by atoms with E-state index in [0.29, 0.717) is 11.3 Å². The van der Waals surface area contributed by atoms with Crippen LogP contribution in [0, 0.1) is 0 Å². The number of amides is 1. The van der Waals surface area contributed by atoms with Gasteiger partial charge in [0.1, 0.15) is 5.82 Å². The average molecular weight is 388 g/mol. The van der Waals surface area contributed by atoms with Gasteiger partial charge in [-0.25, -0.2) is 0 Å². The molecule has 1 unspecified atom stereocenters. The maximum Gasteiger partial charge on any atom is 0.234 e. The number of anilines is 1. The third kappa shape index (κ3) is 5.17. The van der Waals surface area contributed by atoms with Crippen LogP contribution in [0.4, 0.5) is 5.69 Å². The second-order valence-electron chi connectivity index (χ2n) is 6.47. The smallest absolute Gasteiger partial charge is 0.234 e. The van der Waals surface area contributed by atoms with Crippen LogP contribution in [-0.4, -0.2) is 44.9 Å². The van der Waals surface area contributed by atoms with E-state index < -0.39 is 0 Å². The summed E-state index contributed by atoms with van der Waals surface area (Å²) in [5, 5.41) is 12.0. The highest BCUT2D eigenvalue weighted by molar-refractivity contribution is 7.99. The van der Waals surface area contributed by atoms with Gasteiger partial charge in [0.25, 0.3) is 0 Å². The Balaban J connectivity index is 1.60. The van der Waals surface area contributed by atoms with E-state index in [1.165, 1.54) is 18.7 Å². The highest BCUT2D eigenvalue weighted by Crippen LogP contribution is 2.22. The molecule has 2 heterocycles. The van der Waals surface area contributed by atoms with E-state index in [1.54, 1.807) is 24.3 Å². The summed E-state index contributed by atoms with van der Waals surface area (Å²) < 4.78 is 7.78. The molecule has 1 amide bonds. The van der Waals surface area contributed by atoms with Gasteiger partial charge in [0.05, 0.1) is 18.4 Å². The van der Waals surface area contributed by atoms with E-state index in [1.807, 2.05) is 6.92 Å². The lowest BCUT2D eigenvalue weighted by Gasteiger charge is -2.14. The topological polar surface area (TPSA) is 86.1 Å². The fraction of sp³-hybridized carbons (Fsp3) is 0.474. The summed E-state index contributed by atoms with van der Waals surface area (Å²) in [7, 11) is 0. The monoisotopic (exact) mass is 388 g/mol. The van der Waals surface area contributed by atoms with Gasteiger partial charge in [-0.15, -0.1) is 10.2 Å². The first kappa shape index (κ1) is 19.6. The number of nitrogens with one attached hydrogen (secondary N) is 1. The van der Waals surface area contributed by atoms with Gasteiger partial charge in [0.15, 0.2) is 10.9 Å². The van der Waals surface area contributed by atoms with Crippen LogP contribution in [-0.2, 0) is 22.5 Å². The summed E-state index contributed by atoms with van der Waals surface area (Å²) in [4.78, 5) is 23.8. The molecule has 7 nitrogen and oxygen atoms in total. The Morgan fingerprint density at radius 2 is 2.22 bits per heavy atom. The van der Waals surface area contributed by atoms with Crippen molar-refractivity contribution in [3.05, 3.63) is 35.7 Å². The normalized spacial score (nSPS) is 16.4. The predicted molar refractivity (Wildman–Crippen MR) is 104 cm³/mol. The standard InChI is InChI=1S/C19H24N4O3S/c1-3-17-21-22-19(23(17)11-16-8-5-9-26-16)27-12-18(25)20-15-7-4-6-14(10-15)13(2)24/h4,6-7,10,16H,3,5,8-9,11-12H2,1-2H3,(H,20,25). The first-order chi connectivity index (χ1) is 13.1. The highest BCUT2D eigenvalue weighted by atomic mass is 32.2. The minimum atomic E-state index is -0.148. The van der Waals surface area contributed by atoms with Crippen LogP contribution in [0.3, 0.4) is 0 Å². The van der Waals surface area contributed by atoms with Crippen molar-refractivity contribution in [3.63, 3.8) is 0 Å². The molecule has 0 spiro atoms. The van der Waals surface area contributed by atoms with Crippen LogP contribution in [0.2, 0.25) is 0 Å². The van der Waals surface area contributed by atoms with Crippen molar-refractivity contribution >= 4 is 29.1 Å². The van der Waals surface area contributed by atoms with Gasteiger partial charge >= 0.3 is 0 Å². The Hall–Kier alpha value is -2.19. The maximum atomic E-state index is 12.3. The second-order valence-corrected chi connectivity index (χ2v) is 7.41. The van der Waals surface area contributed by atoms with Crippen LogP contribution >= 0.6 is 11.8 Å². The van der Waals surface area contributed by atoms with Crippen molar-refractivity contribution in [2.24, 2.45) is 0 Å². The number of ketones is 1. The van der Waals surface area contributed by atoms with E-state index in [9.17, 15) is 9.59 Å². The number of Topliss-reactive ketones (excluding diaryl/α,β-unsaturated/α-hetero) is 1. The minimum Gasteiger partial charge on any atom is -0.376 e. The molecule has 1 aromatic heterocycles. The predicted octanol–water partition coefficient (Wildman–Crippen LogP) is 2.95. The number of rotatable bonds is 8. The van der Waals surface area contributed by atoms with Gasteiger partial charge in [0, 0.05) is 24.3 Å². The van der Waals surface area contributed by atoms with Crippen LogP contribution in [0.1, 0.15) is 42.9 Å². The summed E-state index contributed by atoms with van der Waals surface area (Å²) in [6.45, 7) is 5.07. The number of aryl methyl sites for hydroxylation is 1. The van der Waals surface area contributed by atoms with Crippen molar-refractivity contribution in [1.29, 1.82) is 0 Å². The lowest BCUT2D eigenvalue weighted by Crippen LogP contribution is -2.19. The largest absolute Gasteiger partial charge is 0.376 e. The first-order valence-electron chi connectivity index (χ1n) is 9.14. The number of hydrogen-bond acceptors (Lipinski definition) is 6. The van der Waals surface area contributed by atoms with E-state index >= 15 is 0 Å². The van der Waals surface area contributed by atoms with Gasteiger partial charge in [-0.2, -0.15) is 0 Å². The van der Waals surface area contributed by atoms with Crippen molar-refractivity contribution in [2.45, 2.75) is 50.9 Å². The van der Waals surface area contributed by atoms with Crippen LogP contribution in [0.25, 0.3) is 0 Å². The number of benzene rings is 1. The number of carbonyl (C=O) groups is 2. The average Bonchev–Trinajstić information content (AvgIpc) is 3.30. The molecule has 0 saturated carbocycles. The van der Waals surface area contributed by atoms with Crippen molar-refractivity contribution in [3.8, 4) is 0 Å². The van der Waals surface area contributed by atoms with Gasteiger partial charge in [-0.05, 0) is 31.9 Å². The van der Waals surface area contributed by atoms with E-state index in [-0.39, 0.29) is 23.5 Å². The molecule has 27 heavy (non-hydrogen) atoms. The van der Waals surface area contributed by atoms with Gasteiger partial charge in [-0.1, -0.05) is 30.8 Å². The van der Waals surface area contributed by atoms with Gasteiger partial charge in [-0.3, -0.25) is 9.59 Å². The number of hydrogen-bond donors (Lipinski definition) is 1. The SMILES string of the molecule is CCc1nnc(SCC(=O)Nc2cccc(C(C)=O)c2)n1CC1CCCO1. The van der Waals surface area contributed by atoms with Gasteiger partial charge in [0.2, 0.25) is 5.91 Å². The lowest BCUT2D eigenvalue weighted by molar-refractivity contribution is -0.113. The zero-order chi connectivity index (χ0) is 19.2. The number of nitrogens with zero attached hydrogens (tertiary/aromatic N) is 3. The molecule has 1 aromatic carbocycles. The summed E-state index contributed by atoms with van der Waals surface area (Å²) in [6.07, 6.45) is 3.09. The molecule has 2 aromatic rings. The Labute approximate surface area is 162 Å². The molecule has 1 saturated heterocycles. The molecule has 0 aliphatic carbocycles. The highest BCUT2D eigenvalue weighted by Gasteiger charge is 2.21. The van der Waals surface area contributed by atoms with Crippen molar-refractivity contribution in [2.75, 3.05) is 17.7 Å². The molecule has 1 N–H and O–H groups in total. The third-order valence-electron chi connectivity index (χ3n) is 4.41. The van der Waals surface area contributed by atoms with E-state index in [4.69, 9.17) is 4.74 Å². The Morgan fingerprint density at radius 1 is 1.37 bits per heavy atom. The molecule has 1 aliphatic heterocycles. The zero-order valence-corrected chi connectivity index (χ0v) is 16.4. The number of aromatic nitrogens is 3. The quantitative estimate of drug-likeness (QED) is 0.553. The molecule has 1 aliphatic rings.